The van der Waals surface area contributed by atoms with Crippen LogP contribution in [-0.2, 0) is 29.7 Å². The van der Waals surface area contributed by atoms with Crippen LogP contribution in [0.5, 0.6) is 0 Å². The normalized spacial score (nSPS) is 17.1. The highest BCUT2D eigenvalue weighted by Crippen LogP contribution is 2.18. The molecule has 18 nitrogen and oxygen atoms in total. The summed E-state index contributed by atoms with van der Waals surface area (Å²) in [4.78, 5) is 70.8. The Morgan fingerprint density at radius 1 is 0.500 bits per heavy atom. The van der Waals surface area contributed by atoms with Gasteiger partial charge in [-0.05, 0) is 75.2 Å². The number of nitrogens with zero attached hydrogens (tertiary/aromatic N) is 4. The predicted molar refractivity (Wildman–Crippen MR) is 209 cm³/mol. The van der Waals surface area contributed by atoms with E-state index < -0.39 is 43.7 Å². The number of carbonyl (C=O) groups is 4. The van der Waals surface area contributed by atoms with Crippen molar-refractivity contribution in [3.8, 4) is 0 Å². The van der Waals surface area contributed by atoms with Gasteiger partial charge in [0.25, 0.3) is 23.6 Å². The summed E-state index contributed by atoms with van der Waals surface area (Å²) in [7, 11) is -8.04. The van der Waals surface area contributed by atoms with E-state index >= 15 is 0 Å². The first-order valence-electron chi connectivity index (χ1n) is 18.2. The van der Waals surface area contributed by atoms with Crippen LogP contribution in [0, 0.1) is 13.8 Å². The number of amides is 4. The molecule has 0 aliphatic carbocycles. The van der Waals surface area contributed by atoms with Gasteiger partial charge in [0.2, 0.25) is 20.0 Å². The van der Waals surface area contributed by atoms with Crippen LogP contribution in [0.4, 0.5) is 0 Å². The average molecular weight is 837 g/mol. The molecule has 4 N–H and O–H groups in total. The van der Waals surface area contributed by atoms with E-state index in [-0.39, 0.29) is 97.9 Å². The summed E-state index contributed by atoms with van der Waals surface area (Å²) in [5.41, 5.74) is 5.72. The van der Waals surface area contributed by atoms with Gasteiger partial charge >= 0.3 is 0 Å². The van der Waals surface area contributed by atoms with Gasteiger partial charge in [0, 0.05) is 39.3 Å². The second-order valence-corrected chi connectivity index (χ2v) is 16.9. The van der Waals surface area contributed by atoms with E-state index in [2.05, 4.69) is 31.6 Å². The van der Waals surface area contributed by atoms with Crippen molar-refractivity contribution in [2.75, 3.05) is 52.5 Å². The highest BCUT2D eigenvalue weighted by molar-refractivity contribution is 7.89. The molecule has 308 valence electrons. The first-order valence-corrected chi connectivity index (χ1v) is 21.1. The molecule has 0 unspecified atom stereocenters. The zero-order valence-corrected chi connectivity index (χ0v) is 33.5. The van der Waals surface area contributed by atoms with E-state index in [9.17, 15) is 36.0 Å². The molecule has 0 atom stereocenters. The van der Waals surface area contributed by atoms with E-state index in [1.807, 2.05) is 13.8 Å². The summed E-state index contributed by atoms with van der Waals surface area (Å²) in [6.07, 6.45) is 0.263. The fourth-order valence-corrected chi connectivity index (χ4v) is 8.49. The van der Waals surface area contributed by atoms with Crippen molar-refractivity contribution in [1.29, 1.82) is 0 Å². The number of sulfonamides is 2. The molecule has 0 spiro atoms. The number of pyridine rings is 2. The number of benzene rings is 2. The standard InChI is InChI=1S/C38H44N8O10S2/c1-27-11-15-29(16-12-27)57(51,52)45-21-5-25-55-43-37(49)33-10-4-8-32(42-33)36(48)40-20-24-46(58(53,54)30-17-13-28(2)14-18-30)22-6-26-56-44-38(50)34-9-3-7-31(41-34)35(47)39-19-23-45/h3-4,7-18H,5-6,19-26H2,1-2H3,(H,39,47)(H,40,48)(H,43,49)(H,44,50). The van der Waals surface area contributed by atoms with Gasteiger partial charge in [-0.2, -0.15) is 8.61 Å². The van der Waals surface area contributed by atoms with E-state index in [0.29, 0.717) is 0 Å². The Bertz CT molecular complexity index is 2150. The van der Waals surface area contributed by atoms with E-state index in [4.69, 9.17) is 9.68 Å². The van der Waals surface area contributed by atoms with Crippen LogP contribution in [0.2, 0.25) is 0 Å². The Balaban J connectivity index is 1.33. The summed E-state index contributed by atoms with van der Waals surface area (Å²) < 4.78 is 56.8. The maximum absolute atomic E-state index is 13.6. The maximum Gasteiger partial charge on any atom is 0.293 e. The molecule has 5 rings (SSSR count). The SMILES string of the molecule is Cc1ccc(S(=O)(=O)N2CCCONC(=O)c3cccc(n3)C(=O)NCCN(S(=O)(=O)c3ccc(C)cc3)CCCONC(=O)c3cccc(n3)C(=O)NCC2)cc1. The number of fused-ring (bicyclic) bond motifs is 4. The Morgan fingerprint density at radius 3 is 1.21 bits per heavy atom. The Labute approximate surface area is 336 Å². The second-order valence-electron chi connectivity index (χ2n) is 13.0. The summed E-state index contributed by atoms with van der Waals surface area (Å²) in [5, 5.41) is 5.27. The number of hydrogen-bond donors (Lipinski definition) is 4. The Hall–Kier alpha value is -5.64. The van der Waals surface area contributed by atoms with Crippen molar-refractivity contribution in [3.63, 3.8) is 0 Å². The fourth-order valence-electron chi connectivity index (χ4n) is 5.53. The zero-order valence-electron chi connectivity index (χ0n) is 31.8. The third-order valence-electron chi connectivity index (χ3n) is 8.68. The number of aromatic nitrogens is 2. The number of hydrogen-bond acceptors (Lipinski definition) is 12. The summed E-state index contributed by atoms with van der Waals surface area (Å²) in [6, 6.07) is 21.0. The van der Waals surface area contributed by atoms with Gasteiger partial charge in [-0.1, -0.05) is 47.5 Å². The lowest BCUT2D eigenvalue weighted by Crippen LogP contribution is -2.40. The molecule has 4 aromatic rings. The lowest BCUT2D eigenvalue weighted by Gasteiger charge is -2.22. The smallest absolute Gasteiger partial charge is 0.293 e. The summed E-state index contributed by atoms with van der Waals surface area (Å²) in [6.45, 7) is 2.84. The quantitative estimate of drug-likeness (QED) is 0.230. The predicted octanol–water partition coefficient (Wildman–Crippen LogP) is 1.75. The molecule has 0 radical (unpaired) electrons. The van der Waals surface area contributed by atoms with Gasteiger partial charge < -0.3 is 10.6 Å². The van der Waals surface area contributed by atoms with Gasteiger partial charge in [-0.3, -0.25) is 28.9 Å². The monoisotopic (exact) mass is 836 g/mol. The van der Waals surface area contributed by atoms with Gasteiger partial charge in [-0.15, -0.1) is 0 Å². The number of aryl methyl sites for hydroxylation is 2. The van der Waals surface area contributed by atoms with Crippen LogP contribution >= 0.6 is 0 Å². The Morgan fingerprint density at radius 2 is 0.845 bits per heavy atom. The largest absolute Gasteiger partial charge is 0.349 e. The van der Waals surface area contributed by atoms with E-state index in [1.54, 1.807) is 24.3 Å². The van der Waals surface area contributed by atoms with Crippen molar-refractivity contribution >= 4 is 43.7 Å². The number of carbonyl (C=O) groups excluding carboxylic acids is 4. The van der Waals surface area contributed by atoms with Gasteiger partial charge in [0.05, 0.1) is 23.0 Å². The second kappa shape index (κ2) is 20.2. The molecule has 4 bridgehead atoms. The van der Waals surface area contributed by atoms with Crippen molar-refractivity contribution in [2.45, 2.75) is 36.5 Å². The minimum Gasteiger partial charge on any atom is -0.349 e. The minimum absolute atomic E-state index is 0.0480. The summed E-state index contributed by atoms with van der Waals surface area (Å²) in [5.74, 6) is -2.85. The van der Waals surface area contributed by atoms with Gasteiger partial charge in [0.15, 0.2) is 0 Å². The molecule has 0 saturated carbocycles. The van der Waals surface area contributed by atoms with Crippen LogP contribution in [0.1, 0.15) is 65.9 Å². The molecule has 1 aliphatic heterocycles. The highest BCUT2D eigenvalue weighted by Gasteiger charge is 2.26. The van der Waals surface area contributed by atoms with Gasteiger partial charge in [0.1, 0.15) is 22.8 Å². The maximum atomic E-state index is 13.6. The molecule has 20 heteroatoms. The first kappa shape index (κ1) is 43.5. The lowest BCUT2D eigenvalue weighted by molar-refractivity contribution is 0.0287. The van der Waals surface area contributed by atoms with E-state index in [0.717, 1.165) is 11.1 Å². The molecule has 2 aromatic carbocycles. The first-order chi connectivity index (χ1) is 27.8. The number of rotatable bonds is 4. The minimum atomic E-state index is -4.02. The van der Waals surface area contributed by atoms with Crippen LogP contribution < -0.4 is 21.6 Å². The van der Waals surface area contributed by atoms with Crippen LogP contribution in [-0.4, -0.2) is 112 Å². The summed E-state index contributed by atoms with van der Waals surface area (Å²) >= 11 is 0. The van der Waals surface area contributed by atoms with Crippen molar-refractivity contribution in [2.24, 2.45) is 0 Å². The number of nitrogens with one attached hydrogen (secondary N) is 4. The van der Waals surface area contributed by atoms with Crippen molar-refractivity contribution < 1.29 is 45.7 Å². The molecule has 3 heterocycles. The molecule has 4 amide bonds. The van der Waals surface area contributed by atoms with Crippen LogP contribution in [0.25, 0.3) is 0 Å². The molecule has 58 heavy (non-hydrogen) atoms. The average Bonchev–Trinajstić information content (AvgIpc) is 3.21. The molecule has 1 aliphatic rings. The van der Waals surface area contributed by atoms with E-state index in [1.165, 1.54) is 69.3 Å². The number of hydroxylamine groups is 2. The fraction of sp³-hybridized carbons (Fsp3) is 0.316. The molecule has 0 saturated heterocycles. The van der Waals surface area contributed by atoms with Crippen LogP contribution in [0.15, 0.2) is 94.7 Å². The third-order valence-corrected chi connectivity index (χ3v) is 12.5. The van der Waals surface area contributed by atoms with Crippen molar-refractivity contribution in [3.05, 3.63) is 119 Å². The topological polar surface area (TPSA) is 235 Å². The molecule has 0 fully saturated rings. The van der Waals surface area contributed by atoms with Crippen molar-refractivity contribution in [1.82, 2.24) is 40.2 Å². The van der Waals surface area contributed by atoms with Crippen LogP contribution in [0.3, 0.4) is 0 Å². The van der Waals surface area contributed by atoms with Gasteiger partial charge in [-0.25, -0.2) is 37.8 Å². The third kappa shape index (κ3) is 11.7. The molecular formula is C38H44N8O10S2. The molecular weight excluding hydrogens is 793 g/mol. The Kier molecular flexibility index (Phi) is 15.1. The zero-order chi connectivity index (χ0) is 41.7. The lowest BCUT2D eigenvalue weighted by atomic mass is 10.2. The molecule has 2 aromatic heterocycles. The highest BCUT2D eigenvalue weighted by atomic mass is 32.2.